The number of rotatable bonds is 4. The Morgan fingerprint density at radius 2 is 1.48 bits per heavy atom. The van der Waals surface area contributed by atoms with Crippen molar-refractivity contribution in [1.82, 2.24) is 15.3 Å². The van der Waals surface area contributed by atoms with Gasteiger partial charge in [-0.3, -0.25) is 14.9 Å². The number of hydrogen-bond donors (Lipinski definition) is 6. The van der Waals surface area contributed by atoms with E-state index in [1.165, 1.54) is 0 Å². The van der Waals surface area contributed by atoms with Gasteiger partial charge in [0.05, 0.1) is 29.0 Å². The van der Waals surface area contributed by atoms with E-state index in [1.54, 1.807) is 0 Å². The zero-order valence-corrected chi connectivity index (χ0v) is 22.2. The number of carbonyl (C=O) groups is 3. The van der Waals surface area contributed by atoms with Gasteiger partial charge in [-0.05, 0) is 19.1 Å². The van der Waals surface area contributed by atoms with Crippen LogP contribution in [0.5, 0.6) is 0 Å². The minimum Gasteiger partial charge on any atom is -0.475 e. The third-order valence-corrected chi connectivity index (χ3v) is 7.27. The number of fused-ring (bicyclic) bond motifs is 2. The molecule has 6 rings (SSSR count). The van der Waals surface area contributed by atoms with Gasteiger partial charge in [-0.1, -0.05) is 36.4 Å². The number of aliphatic hydroxyl groups excluding tert-OH is 1. The molecule has 2 aliphatic rings. The lowest BCUT2D eigenvalue weighted by molar-refractivity contribution is -0.192. The largest absolute Gasteiger partial charge is 0.490 e. The molecule has 42 heavy (non-hydrogen) atoms. The van der Waals surface area contributed by atoms with Crippen molar-refractivity contribution in [3.63, 3.8) is 0 Å². The van der Waals surface area contributed by atoms with Crippen molar-refractivity contribution in [3.05, 3.63) is 71.0 Å². The van der Waals surface area contributed by atoms with Gasteiger partial charge in [0.1, 0.15) is 6.10 Å². The number of carboxylic acids is 1. The summed E-state index contributed by atoms with van der Waals surface area (Å²) in [5, 5.41) is 21.9. The topological polar surface area (TPSA) is 171 Å². The maximum atomic E-state index is 13.4. The number of aromatic nitrogens is 2. The molecule has 0 bridgehead atoms. The number of aliphatic carboxylic acids is 1. The number of nitrogens with one attached hydrogen (secondary N) is 3. The van der Waals surface area contributed by atoms with Crippen molar-refractivity contribution < 1.29 is 42.5 Å². The fourth-order valence-corrected chi connectivity index (χ4v) is 5.53. The number of aryl methyl sites for hydroxylation is 1. The molecule has 4 heterocycles. The van der Waals surface area contributed by atoms with Crippen molar-refractivity contribution in [2.75, 3.05) is 6.54 Å². The summed E-state index contributed by atoms with van der Waals surface area (Å²) in [6, 6.07) is 15.4. The van der Waals surface area contributed by atoms with Crippen molar-refractivity contribution in [2.45, 2.75) is 44.3 Å². The highest BCUT2D eigenvalue weighted by Gasteiger charge is 2.40. The Hall–Kier alpha value is -4.46. The molecule has 10 nitrogen and oxygen atoms in total. The molecule has 0 aliphatic carbocycles. The quantitative estimate of drug-likeness (QED) is 0.199. The Bertz CT molecular complexity index is 1740. The Labute approximate surface area is 236 Å². The molecule has 0 radical (unpaired) electrons. The van der Waals surface area contributed by atoms with Crippen LogP contribution in [0.3, 0.4) is 0 Å². The molecule has 2 aliphatic heterocycles. The van der Waals surface area contributed by atoms with E-state index >= 15 is 0 Å². The van der Waals surface area contributed by atoms with Gasteiger partial charge < -0.3 is 30.7 Å². The lowest BCUT2D eigenvalue weighted by Crippen LogP contribution is -2.36. The Morgan fingerprint density at radius 3 is 2.05 bits per heavy atom. The molecular formula is C29H27F3N4O6. The lowest BCUT2D eigenvalue weighted by atomic mass is 9.90. The standard InChI is InChI=1S/C27H26N4O4.C2HF3O2/c1-13-21(16-6-2-4-8-18(16)29-13)23-24(27(34)31-26(23)33)22-17-7-3-5-9-19(17)30-25(22)20-11-14(32)10-15(12-28)35-20;3-2(4,5)1(6)7/h2-9,14-15,20,29-30,32H,10-12,28H2,1H3,(H,31,33,34);(H,6,7)/t14-,15+,20+;/m1./s1. The fraction of sp³-hybridized carbons (Fsp3) is 0.276. The van der Waals surface area contributed by atoms with Gasteiger partial charge in [-0.25, -0.2) is 4.79 Å². The molecule has 13 heteroatoms. The molecule has 2 aromatic carbocycles. The summed E-state index contributed by atoms with van der Waals surface area (Å²) in [4.78, 5) is 42.3. The second-order valence-electron chi connectivity index (χ2n) is 10.1. The molecule has 3 atom stereocenters. The summed E-state index contributed by atoms with van der Waals surface area (Å²) >= 11 is 0. The zero-order valence-electron chi connectivity index (χ0n) is 22.2. The van der Waals surface area contributed by atoms with Crippen LogP contribution in [0.1, 0.15) is 41.5 Å². The van der Waals surface area contributed by atoms with Crippen LogP contribution >= 0.6 is 0 Å². The number of benzene rings is 2. The maximum Gasteiger partial charge on any atom is 0.490 e. The number of halogens is 3. The summed E-state index contributed by atoms with van der Waals surface area (Å²) in [6.45, 7) is 2.18. The highest BCUT2D eigenvalue weighted by Crippen LogP contribution is 2.44. The average molecular weight is 585 g/mol. The molecule has 0 spiro atoms. The predicted octanol–water partition coefficient (Wildman–Crippen LogP) is 3.70. The maximum absolute atomic E-state index is 13.4. The number of hydrogen-bond acceptors (Lipinski definition) is 6. The van der Waals surface area contributed by atoms with Gasteiger partial charge in [-0.15, -0.1) is 0 Å². The molecule has 0 unspecified atom stereocenters. The molecule has 2 aromatic heterocycles. The van der Waals surface area contributed by atoms with E-state index in [4.69, 9.17) is 20.4 Å². The number of nitrogens with two attached hydrogens (primary N) is 1. The van der Waals surface area contributed by atoms with Crippen LogP contribution in [-0.2, 0) is 19.1 Å². The second-order valence-corrected chi connectivity index (χ2v) is 10.1. The van der Waals surface area contributed by atoms with Crippen LogP contribution in [0.25, 0.3) is 33.0 Å². The second kappa shape index (κ2) is 11.1. The minimum atomic E-state index is -5.08. The first-order valence-corrected chi connectivity index (χ1v) is 13.0. The SMILES string of the molecule is Cc1[nH]c2ccccc2c1C1=C(c2c([C@@H]3C[C@H](O)C[C@@H](CN)O3)[nH]c3ccccc23)C(=O)NC1=O.O=C(O)C(F)(F)F. The van der Waals surface area contributed by atoms with E-state index in [0.717, 1.165) is 27.5 Å². The van der Waals surface area contributed by atoms with Gasteiger partial charge in [0, 0.05) is 58.0 Å². The van der Waals surface area contributed by atoms with Gasteiger partial charge >= 0.3 is 12.1 Å². The number of alkyl halides is 3. The van der Waals surface area contributed by atoms with Crippen LogP contribution < -0.4 is 11.1 Å². The number of H-pyrrole nitrogens is 2. The summed E-state index contributed by atoms with van der Waals surface area (Å²) in [7, 11) is 0. The van der Waals surface area contributed by atoms with Crippen LogP contribution in [0.2, 0.25) is 0 Å². The van der Waals surface area contributed by atoms with Crippen LogP contribution in [0, 0.1) is 6.92 Å². The molecule has 7 N–H and O–H groups in total. The van der Waals surface area contributed by atoms with Crippen LogP contribution in [0.15, 0.2) is 48.5 Å². The number of aromatic amines is 2. The van der Waals surface area contributed by atoms with Gasteiger partial charge in [0.25, 0.3) is 11.8 Å². The third-order valence-electron chi connectivity index (χ3n) is 7.27. The molecule has 0 saturated carbocycles. The predicted molar refractivity (Wildman–Crippen MR) is 147 cm³/mol. The average Bonchev–Trinajstić information content (AvgIpc) is 3.56. The summed E-state index contributed by atoms with van der Waals surface area (Å²) in [5.74, 6) is -3.64. The van der Waals surface area contributed by atoms with Gasteiger partial charge in [-0.2, -0.15) is 13.2 Å². The first-order valence-electron chi connectivity index (χ1n) is 13.0. The Balaban J connectivity index is 0.000000451. The molecular weight excluding hydrogens is 557 g/mol. The van der Waals surface area contributed by atoms with Crippen LogP contribution in [-0.4, -0.2) is 62.9 Å². The minimum absolute atomic E-state index is 0.282. The summed E-state index contributed by atoms with van der Waals surface area (Å²) in [6.07, 6.45) is -5.64. The van der Waals surface area contributed by atoms with Crippen molar-refractivity contribution >= 4 is 50.7 Å². The Morgan fingerprint density at radius 1 is 0.952 bits per heavy atom. The molecule has 1 fully saturated rings. The number of para-hydroxylation sites is 2. The normalized spacial score (nSPS) is 21.0. The smallest absolute Gasteiger partial charge is 0.475 e. The van der Waals surface area contributed by atoms with E-state index < -0.39 is 36.2 Å². The highest BCUT2D eigenvalue weighted by atomic mass is 19.4. The first-order chi connectivity index (χ1) is 19.9. The summed E-state index contributed by atoms with van der Waals surface area (Å²) in [5.41, 5.74) is 11.0. The van der Waals surface area contributed by atoms with E-state index in [0.29, 0.717) is 40.8 Å². The van der Waals surface area contributed by atoms with Crippen molar-refractivity contribution in [3.8, 4) is 0 Å². The van der Waals surface area contributed by atoms with Gasteiger partial charge in [0.15, 0.2) is 0 Å². The van der Waals surface area contributed by atoms with Crippen molar-refractivity contribution in [1.29, 1.82) is 0 Å². The molecule has 2 amide bonds. The highest BCUT2D eigenvalue weighted by molar-refractivity contribution is 6.51. The molecule has 4 aromatic rings. The fourth-order valence-electron chi connectivity index (χ4n) is 5.53. The number of ether oxygens (including phenoxy) is 1. The van der Waals surface area contributed by atoms with E-state index in [2.05, 4.69) is 15.3 Å². The lowest BCUT2D eigenvalue weighted by Gasteiger charge is -2.32. The van der Waals surface area contributed by atoms with E-state index in [1.807, 2.05) is 55.5 Å². The summed E-state index contributed by atoms with van der Waals surface area (Å²) < 4.78 is 38.0. The monoisotopic (exact) mass is 584 g/mol. The number of carbonyl (C=O) groups excluding carboxylic acids is 2. The van der Waals surface area contributed by atoms with Gasteiger partial charge in [0.2, 0.25) is 0 Å². The number of aliphatic hydroxyl groups is 1. The van der Waals surface area contributed by atoms with E-state index in [9.17, 15) is 27.9 Å². The number of imide groups is 1. The number of amides is 2. The number of carboxylic acid groups (broad SMARTS) is 1. The van der Waals surface area contributed by atoms with Crippen molar-refractivity contribution in [2.24, 2.45) is 5.73 Å². The molecule has 220 valence electrons. The Kier molecular flexibility index (Phi) is 7.66. The zero-order chi connectivity index (χ0) is 30.3. The third kappa shape index (κ3) is 5.29. The molecule has 1 saturated heterocycles. The van der Waals surface area contributed by atoms with Crippen LogP contribution in [0.4, 0.5) is 13.2 Å². The van der Waals surface area contributed by atoms with E-state index in [-0.39, 0.29) is 12.6 Å². The first kappa shape index (κ1) is 29.0.